The second kappa shape index (κ2) is 7.23. The Hall–Kier alpha value is -3.54. The van der Waals surface area contributed by atoms with Crippen LogP contribution in [0, 0.1) is 11.6 Å². The van der Waals surface area contributed by atoms with Crippen molar-refractivity contribution in [1.82, 2.24) is 0 Å². The number of hydrogen-bond donors (Lipinski definition) is 0. The molecule has 0 saturated heterocycles. The van der Waals surface area contributed by atoms with Gasteiger partial charge in [-0.05, 0) is 54.1 Å². The number of anilines is 2. The Morgan fingerprint density at radius 3 is 1.96 bits per heavy atom. The fourth-order valence-corrected chi connectivity index (χ4v) is 3.24. The first kappa shape index (κ1) is 17.9. The van der Waals surface area contributed by atoms with Crippen molar-refractivity contribution >= 4 is 23.0 Å². The molecule has 1 aliphatic rings. The topological polar surface area (TPSA) is 35.9 Å². The maximum absolute atomic E-state index is 13.5. The molecule has 0 fully saturated rings. The predicted molar refractivity (Wildman–Crippen MR) is 105 cm³/mol. The predicted octanol–water partition coefficient (Wildman–Crippen LogP) is 4.89. The number of carbonyl (C=O) groups is 1. The van der Waals surface area contributed by atoms with Gasteiger partial charge in [0.15, 0.2) is 17.8 Å². The van der Waals surface area contributed by atoms with Gasteiger partial charge in [-0.15, -0.1) is 5.10 Å². The molecular weight excluding hydrogens is 360 g/mol. The van der Waals surface area contributed by atoms with Gasteiger partial charge in [-0.25, -0.2) is 13.8 Å². The number of nitrogens with zero attached hydrogens (tertiary/aromatic N) is 3. The van der Waals surface area contributed by atoms with Crippen molar-refractivity contribution in [3.05, 3.63) is 96.1 Å². The average Bonchev–Trinajstić information content (AvgIpc) is 3.11. The van der Waals surface area contributed by atoms with E-state index >= 15 is 0 Å². The van der Waals surface area contributed by atoms with E-state index in [1.807, 2.05) is 30.3 Å². The number of hydrazone groups is 1. The number of halogens is 2. The van der Waals surface area contributed by atoms with Crippen LogP contribution >= 0.6 is 0 Å². The lowest BCUT2D eigenvalue weighted by atomic mass is 10.1. The summed E-state index contributed by atoms with van der Waals surface area (Å²) in [5.41, 5.74) is 2.14. The van der Waals surface area contributed by atoms with Gasteiger partial charge in [0, 0.05) is 12.6 Å². The van der Waals surface area contributed by atoms with Crippen LogP contribution in [0.4, 0.5) is 20.2 Å². The number of Topliss-reactive ketones (excluding diaryl/α,β-unsaturated/α-hetero) is 1. The summed E-state index contributed by atoms with van der Waals surface area (Å²) in [6, 6.07) is 21.3. The molecule has 0 saturated carbocycles. The number of rotatable bonds is 4. The minimum atomic E-state index is -0.521. The van der Waals surface area contributed by atoms with Gasteiger partial charge in [0.25, 0.3) is 0 Å². The molecule has 3 aromatic rings. The van der Waals surface area contributed by atoms with Crippen molar-refractivity contribution in [2.75, 3.05) is 9.91 Å². The van der Waals surface area contributed by atoms with Crippen LogP contribution in [0.5, 0.6) is 0 Å². The lowest BCUT2D eigenvalue weighted by molar-refractivity contribution is -0.111. The summed E-state index contributed by atoms with van der Waals surface area (Å²) in [6.45, 7) is 1.44. The normalized spacial score (nSPS) is 16.2. The molecule has 3 aromatic carbocycles. The summed E-state index contributed by atoms with van der Waals surface area (Å²) >= 11 is 0. The standard InChI is InChI=1S/C22H17F2N3O/c1-15(28)21-25-27(20-5-3-2-4-6-20)22(16-7-9-17(23)10-8-16)26(21)19-13-11-18(24)12-14-19/h2-14,22H,1H3/t22-/m1/s1. The quantitative estimate of drug-likeness (QED) is 0.649. The van der Waals surface area contributed by atoms with Gasteiger partial charge in [0.1, 0.15) is 11.6 Å². The summed E-state index contributed by atoms with van der Waals surface area (Å²) in [6.07, 6.45) is -0.521. The number of carbonyl (C=O) groups excluding carboxylic acids is 1. The molecule has 1 heterocycles. The molecule has 6 heteroatoms. The molecule has 0 unspecified atom stereocenters. The summed E-state index contributed by atoms with van der Waals surface area (Å²) in [5.74, 6) is -0.726. The van der Waals surface area contributed by atoms with Crippen molar-refractivity contribution in [2.24, 2.45) is 5.10 Å². The minimum absolute atomic E-state index is 0.227. The van der Waals surface area contributed by atoms with Crippen LogP contribution in [-0.2, 0) is 4.79 Å². The Kier molecular flexibility index (Phi) is 4.61. The first-order valence-corrected chi connectivity index (χ1v) is 8.79. The Balaban J connectivity index is 1.89. The average molecular weight is 377 g/mol. The van der Waals surface area contributed by atoms with Crippen LogP contribution in [0.2, 0.25) is 0 Å². The fourth-order valence-electron chi connectivity index (χ4n) is 3.24. The lowest BCUT2D eigenvalue weighted by Crippen LogP contribution is -2.37. The molecule has 1 atom stereocenters. The molecule has 0 aliphatic carbocycles. The summed E-state index contributed by atoms with van der Waals surface area (Å²) in [4.78, 5) is 14.1. The van der Waals surface area contributed by atoms with E-state index in [0.29, 0.717) is 5.69 Å². The minimum Gasteiger partial charge on any atom is -0.295 e. The summed E-state index contributed by atoms with van der Waals surface area (Å²) in [7, 11) is 0. The number of para-hydroxylation sites is 1. The zero-order valence-corrected chi connectivity index (χ0v) is 15.1. The second-order valence-electron chi connectivity index (χ2n) is 6.43. The zero-order chi connectivity index (χ0) is 19.7. The Bertz CT molecular complexity index is 1020. The van der Waals surface area contributed by atoms with Gasteiger partial charge in [0.2, 0.25) is 0 Å². The third-order valence-electron chi connectivity index (χ3n) is 4.52. The highest BCUT2D eigenvalue weighted by Crippen LogP contribution is 2.39. The third-order valence-corrected chi connectivity index (χ3v) is 4.52. The maximum Gasteiger partial charge on any atom is 0.198 e. The first-order valence-electron chi connectivity index (χ1n) is 8.79. The van der Waals surface area contributed by atoms with E-state index in [0.717, 1.165) is 11.3 Å². The van der Waals surface area contributed by atoms with Crippen LogP contribution in [0.3, 0.4) is 0 Å². The van der Waals surface area contributed by atoms with Crippen LogP contribution in [-0.4, -0.2) is 11.6 Å². The Morgan fingerprint density at radius 1 is 0.821 bits per heavy atom. The van der Waals surface area contributed by atoms with Gasteiger partial charge in [-0.1, -0.05) is 30.3 Å². The zero-order valence-electron chi connectivity index (χ0n) is 15.1. The molecule has 0 N–H and O–H groups in total. The van der Waals surface area contributed by atoms with Crippen LogP contribution in [0.25, 0.3) is 0 Å². The maximum atomic E-state index is 13.5. The highest BCUT2D eigenvalue weighted by Gasteiger charge is 2.39. The SMILES string of the molecule is CC(=O)C1=NN(c2ccccc2)[C@H](c2ccc(F)cc2)N1c1ccc(F)cc1. The van der Waals surface area contributed by atoms with Crippen molar-refractivity contribution in [2.45, 2.75) is 13.1 Å². The van der Waals surface area contributed by atoms with Crippen molar-refractivity contribution in [3.8, 4) is 0 Å². The van der Waals surface area contributed by atoms with Crippen LogP contribution < -0.4 is 9.91 Å². The van der Waals surface area contributed by atoms with Gasteiger partial charge >= 0.3 is 0 Å². The van der Waals surface area contributed by atoms with Gasteiger partial charge in [-0.3, -0.25) is 9.69 Å². The van der Waals surface area contributed by atoms with E-state index in [9.17, 15) is 13.6 Å². The molecule has 1 aliphatic heterocycles. The molecule has 0 radical (unpaired) electrons. The summed E-state index contributed by atoms with van der Waals surface area (Å²) < 4.78 is 27.0. The molecule has 0 bridgehead atoms. The molecule has 140 valence electrons. The Morgan fingerprint density at radius 2 is 1.39 bits per heavy atom. The highest BCUT2D eigenvalue weighted by atomic mass is 19.1. The Labute approximate surface area is 161 Å². The van der Waals surface area contributed by atoms with Crippen molar-refractivity contribution in [1.29, 1.82) is 0 Å². The lowest BCUT2D eigenvalue weighted by Gasteiger charge is -2.32. The van der Waals surface area contributed by atoms with E-state index < -0.39 is 6.17 Å². The molecular formula is C22H17F2N3O. The van der Waals surface area contributed by atoms with E-state index in [2.05, 4.69) is 5.10 Å². The fraction of sp³-hybridized carbons (Fsp3) is 0.0909. The molecule has 28 heavy (non-hydrogen) atoms. The highest BCUT2D eigenvalue weighted by molar-refractivity contribution is 6.44. The van der Waals surface area contributed by atoms with E-state index in [4.69, 9.17) is 0 Å². The van der Waals surface area contributed by atoms with Crippen LogP contribution in [0.1, 0.15) is 18.7 Å². The van der Waals surface area contributed by atoms with E-state index in [1.165, 1.54) is 31.2 Å². The van der Waals surface area contributed by atoms with E-state index in [1.54, 1.807) is 34.2 Å². The third kappa shape index (κ3) is 3.24. The summed E-state index contributed by atoms with van der Waals surface area (Å²) in [5, 5.41) is 6.27. The van der Waals surface area contributed by atoms with Crippen molar-refractivity contribution < 1.29 is 13.6 Å². The van der Waals surface area contributed by atoms with E-state index in [-0.39, 0.29) is 23.3 Å². The largest absolute Gasteiger partial charge is 0.295 e. The number of ketones is 1. The smallest absolute Gasteiger partial charge is 0.198 e. The number of benzene rings is 3. The second-order valence-corrected chi connectivity index (χ2v) is 6.43. The molecule has 0 aromatic heterocycles. The number of amidine groups is 1. The first-order chi connectivity index (χ1) is 13.5. The van der Waals surface area contributed by atoms with Gasteiger partial charge in [-0.2, -0.15) is 0 Å². The monoisotopic (exact) mass is 377 g/mol. The van der Waals surface area contributed by atoms with Crippen LogP contribution in [0.15, 0.2) is 84.0 Å². The van der Waals surface area contributed by atoms with Crippen molar-refractivity contribution in [3.63, 3.8) is 0 Å². The number of hydrogen-bond acceptors (Lipinski definition) is 4. The molecule has 0 spiro atoms. The molecule has 4 nitrogen and oxygen atoms in total. The van der Waals surface area contributed by atoms with Gasteiger partial charge in [0.05, 0.1) is 5.69 Å². The molecule has 4 rings (SSSR count). The van der Waals surface area contributed by atoms with Gasteiger partial charge < -0.3 is 0 Å². The molecule has 0 amide bonds.